The first kappa shape index (κ1) is 15.7. The molecule has 2 aromatic carbocycles. The average molecular weight is 359 g/mol. The molecule has 1 unspecified atom stereocenters. The summed E-state index contributed by atoms with van der Waals surface area (Å²) >= 11 is 0. The Morgan fingerprint density at radius 3 is 2.67 bits per heavy atom. The van der Waals surface area contributed by atoms with Crippen LogP contribution in [0.2, 0.25) is 0 Å². The fraction of sp³-hybridized carbons (Fsp3) is 0.143. The van der Waals surface area contributed by atoms with E-state index in [0.29, 0.717) is 17.4 Å². The van der Waals surface area contributed by atoms with Crippen molar-refractivity contribution < 1.29 is 14.2 Å². The van der Waals surface area contributed by atoms with Crippen LogP contribution in [-0.2, 0) is 10.3 Å². The van der Waals surface area contributed by atoms with Crippen LogP contribution in [-0.4, -0.2) is 17.6 Å². The van der Waals surface area contributed by atoms with Crippen LogP contribution in [0.1, 0.15) is 16.7 Å². The van der Waals surface area contributed by atoms with Crippen LogP contribution in [0.15, 0.2) is 65.8 Å². The van der Waals surface area contributed by atoms with Crippen molar-refractivity contribution in [2.45, 2.75) is 12.5 Å². The number of nitrogens with two attached hydrogens (primary N) is 1. The lowest BCUT2D eigenvalue weighted by Gasteiger charge is -2.34. The Labute approximate surface area is 156 Å². The largest absolute Gasteiger partial charge is 0.462 e. The molecule has 2 aliphatic rings. The highest BCUT2D eigenvalue weighted by Gasteiger charge is 2.48. The van der Waals surface area contributed by atoms with E-state index in [1.807, 2.05) is 61.5 Å². The van der Waals surface area contributed by atoms with E-state index in [-0.39, 0.29) is 12.6 Å². The van der Waals surface area contributed by atoms with Gasteiger partial charge in [0.15, 0.2) is 5.54 Å². The van der Waals surface area contributed by atoms with Crippen molar-refractivity contribution in [3.63, 3.8) is 0 Å². The Hall–Kier alpha value is -3.54. The molecule has 0 saturated carbocycles. The molecule has 1 aromatic heterocycles. The van der Waals surface area contributed by atoms with E-state index in [2.05, 4.69) is 9.98 Å². The highest BCUT2D eigenvalue weighted by molar-refractivity contribution is 5.77. The van der Waals surface area contributed by atoms with Crippen LogP contribution >= 0.6 is 0 Å². The summed E-state index contributed by atoms with van der Waals surface area (Å²) in [5.41, 5.74) is 7.84. The zero-order valence-corrected chi connectivity index (χ0v) is 14.7. The summed E-state index contributed by atoms with van der Waals surface area (Å²) in [6.45, 7) is 2.27. The summed E-state index contributed by atoms with van der Waals surface area (Å²) in [5, 5.41) is 0. The van der Waals surface area contributed by atoms with Gasteiger partial charge < -0.3 is 19.9 Å². The molecule has 0 aliphatic carbocycles. The van der Waals surface area contributed by atoms with Gasteiger partial charge in [-0.05, 0) is 30.7 Å². The molecule has 3 heterocycles. The number of aromatic nitrogens is 1. The van der Waals surface area contributed by atoms with Gasteiger partial charge in [0, 0.05) is 17.8 Å². The van der Waals surface area contributed by atoms with E-state index in [0.717, 1.165) is 22.4 Å². The van der Waals surface area contributed by atoms with Crippen LogP contribution in [0.3, 0.4) is 0 Å². The summed E-state index contributed by atoms with van der Waals surface area (Å²) in [6, 6.07) is 17.4. The topological polar surface area (TPSA) is 79.0 Å². The lowest BCUT2D eigenvalue weighted by atomic mass is 9.81. The Bertz CT molecular complexity index is 1060. The van der Waals surface area contributed by atoms with Crippen LogP contribution < -0.4 is 15.2 Å². The number of ether oxygens (including phenoxy) is 3. The average Bonchev–Trinajstić information content (AvgIpc) is 3.06. The third-order valence-corrected chi connectivity index (χ3v) is 4.78. The number of benzene rings is 2. The molecule has 0 amide bonds. The number of aryl methyl sites for hydroxylation is 1. The number of hydrogen-bond donors (Lipinski definition) is 1. The van der Waals surface area contributed by atoms with Gasteiger partial charge in [-0.3, -0.25) is 0 Å². The van der Waals surface area contributed by atoms with Crippen molar-refractivity contribution in [1.82, 2.24) is 4.98 Å². The third kappa shape index (κ3) is 2.41. The second-order valence-electron chi connectivity index (χ2n) is 6.60. The number of nitrogens with zero attached hydrogens (tertiary/aromatic N) is 2. The number of para-hydroxylation sites is 1. The molecular formula is C21H17N3O3. The summed E-state index contributed by atoms with van der Waals surface area (Å²) in [4.78, 5) is 9.01. The van der Waals surface area contributed by atoms with E-state index >= 15 is 0 Å². The SMILES string of the molecule is Cc1ccc(Oc2cccc3c2C2(COC(N)=N2)c2ccccc2O3)nc1. The number of aliphatic imine (C=N–C) groups is 1. The molecule has 6 heteroatoms. The zero-order valence-electron chi connectivity index (χ0n) is 14.7. The van der Waals surface area contributed by atoms with Gasteiger partial charge in [0.05, 0.1) is 5.56 Å². The maximum Gasteiger partial charge on any atom is 0.283 e. The zero-order chi connectivity index (χ0) is 18.4. The molecule has 27 heavy (non-hydrogen) atoms. The number of hydrogen-bond acceptors (Lipinski definition) is 6. The van der Waals surface area contributed by atoms with Gasteiger partial charge in [-0.25, -0.2) is 9.98 Å². The predicted octanol–water partition coefficient (Wildman–Crippen LogP) is 3.88. The molecule has 2 N–H and O–H groups in total. The summed E-state index contributed by atoms with van der Waals surface area (Å²) in [7, 11) is 0. The van der Waals surface area contributed by atoms with Gasteiger partial charge in [0.25, 0.3) is 6.02 Å². The molecular weight excluding hydrogens is 342 g/mol. The molecule has 5 rings (SSSR count). The molecule has 0 saturated heterocycles. The lowest BCUT2D eigenvalue weighted by Crippen LogP contribution is -2.31. The third-order valence-electron chi connectivity index (χ3n) is 4.78. The van der Waals surface area contributed by atoms with Gasteiger partial charge >= 0.3 is 0 Å². The van der Waals surface area contributed by atoms with Gasteiger partial charge in [-0.2, -0.15) is 0 Å². The first-order chi connectivity index (χ1) is 13.2. The predicted molar refractivity (Wildman–Crippen MR) is 100 cm³/mol. The number of pyridine rings is 1. The van der Waals surface area contributed by atoms with E-state index in [4.69, 9.17) is 19.9 Å². The molecule has 3 aromatic rings. The highest BCUT2D eigenvalue weighted by atomic mass is 16.5. The minimum absolute atomic E-state index is 0.154. The first-order valence-corrected chi connectivity index (χ1v) is 8.65. The molecule has 0 radical (unpaired) electrons. The van der Waals surface area contributed by atoms with Crippen LogP contribution in [0, 0.1) is 6.92 Å². The van der Waals surface area contributed by atoms with Gasteiger partial charge in [0.2, 0.25) is 5.88 Å². The van der Waals surface area contributed by atoms with Crippen LogP contribution in [0.4, 0.5) is 0 Å². The van der Waals surface area contributed by atoms with Crippen LogP contribution in [0.25, 0.3) is 0 Å². The van der Waals surface area contributed by atoms with Crippen molar-refractivity contribution in [1.29, 1.82) is 0 Å². The monoisotopic (exact) mass is 359 g/mol. The normalized spacial score (nSPS) is 19.5. The smallest absolute Gasteiger partial charge is 0.283 e. The van der Waals surface area contributed by atoms with E-state index < -0.39 is 5.54 Å². The quantitative estimate of drug-likeness (QED) is 0.751. The van der Waals surface area contributed by atoms with Crippen molar-refractivity contribution >= 4 is 6.02 Å². The maximum absolute atomic E-state index is 6.13. The summed E-state index contributed by atoms with van der Waals surface area (Å²) in [5.74, 6) is 2.51. The van der Waals surface area contributed by atoms with E-state index in [9.17, 15) is 0 Å². The minimum Gasteiger partial charge on any atom is -0.462 e. The van der Waals surface area contributed by atoms with E-state index in [1.165, 1.54) is 0 Å². The Morgan fingerprint density at radius 1 is 1.04 bits per heavy atom. The molecule has 134 valence electrons. The molecule has 2 aliphatic heterocycles. The second-order valence-corrected chi connectivity index (χ2v) is 6.60. The lowest BCUT2D eigenvalue weighted by molar-refractivity contribution is 0.260. The molecule has 0 fully saturated rings. The number of rotatable bonds is 2. The minimum atomic E-state index is -0.810. The molecule has 1 atom stereocenters. The van der Waals surface area contributed by atoms with E-state index in [1.54, 1.807) is 6.20 Å². The second kappa shape index (κ2) is 5.74. The molecule has 6 nitrogen and oxygen atoms in total. The van der Waals surface area contributed by atoms with Crippen LogP contribution in [0.5, 0.6) is 23.1 Å². The first-order valence-electron chi connectivity index (χ1n) is 8.65. The molecule has 0 bridgehead atoms. The van der Waals surface area contributed by atoms with Crippen molar-refractivity contribution in [3.8, 4) is 23.1 Å². The Morgan fingerprint density at radius 2 is 1.89 bits per heavy atom. The highest BCUT2D eigenvalue weighted by Crippen LogP contribution is 2.54. The van der Waals surface area contributed by atoms with Crippen molar-refractivity contribution in [2.24, 2.45) is 10.7 Å². The summed E-state index contributed by atoms with van der Waals surface area (Å²) < 4.78 is 17.8. The van der Waals surface area contributed by atoms with Gasteiger partial charge in [-0.1, -0.05) is 30.3 Å². The van der Waals surface area contributed by atoms with Crippen molar-refractivity contribution in [3.05, 3.63) is 77.5 Å². The standard InChI is InChI=1S/C21H17N3O3/c1-13-9-10-18(23-11-13)27-17-8-4-7-16-19(17)21(12-25-20(22)24-21)14-5-2-3-6-15(14)26-16/h2-11H,12H2,1H3,(H2,22,24). The fourth-order valence-corrected chi connectivity index (χ4v) is 3.56. The fourth-order valence-electron chi connectivity index (χ4n) is 3.56. The Kier molecular flexibility index (Phi) is 3.33. The summed E-state index contributed by atoms with van der Waals surface area (Å²) in [6.07, 6.45) is 1.76. The Balaban J connectivity index is 1.70. The maximum atomic E-state index is 6.13. The molecule has 1 spiro atoms. The van der Waals surface area contributed by atoms with Gasteiger partial charge in [-0.15, -0.1) is 0 Å². The number of fused-ring (bicyclic) bond motifs is 4. The van der Waals surface area contributed by atoms with Crippen molar-refractivity contribution in [2.75, 3.05) is 6.61 Å². The van der Waals surface area contributed by atoms with Gasteiger partial charge in [0.1, 0.15) is 23.9 Å². The number of amidine groups is 1.